The van der Waals surface area contributed by atoms with Crippen molar-refractivity contribution in [1.82, 2.24) is 5.32 Å². The zero-order chi connectivity index (χ0) is 23.8. The zero-order valence-corrected chi connectivity index (χ0v) is 21.0. The van der Waals surface area contributed by atoms with Crippen LogP contribution in [0.5, 0.6) is 0 Å². The van der Waals surface area contributed by atoms with Crippen molar-refractivity contribution in [2.24, 2.45) is 0 Å². The number of anilines is 1. The average Bonchev–Trinajstić information content (AvgIpc) is 2.78. The van der Waals surface area contributed by atoms with Crippen molar-refractivity contribution in [2.45, 2.75) is 24.5 Å². The Morgan fingerprint density at radius 1 is 0.970 bits per heavy atom. The molecule has 0 aliphatic heterocycles. The summed E-state index contributed by atoms with van der Waals surface area (Å²) in [6.07, 6.45) is 0. The van der Waals surface area contributed by atoms with E-state index in [1.165, 1.54) is 0 Å². The van der Waals surface area contributed by atoms with E-state index in [0.717, 1.165) is 31.8 Å². The summed E-state index contributed by atoms with van der Waals surface area (Å²) in [6, 6.07) is 21.4. The lowest BCUT2D eigenvalue weighted by Crippen LogP contribution is -2.41. The molecule has 3 rings (SSSR count). The third-order valence-corrected chi connectivity index (χ3v) is 8.13. The Balaban J connectivity index is 1.65. The van der Waals surface area contributed by atoms with Crippen LogP contribution in [0.4, 0.5) is 5.69 Å². The van der Waals surface area contributed by atoms with Gasteiger partial charge in [-0.15, -0.1) is 0 Å². The molecule has 0 heterocycles. The zero-order valence-electron chi connectivity index (χ0n) is 18.6. The van der Waals surface area contributed by atoms with Gasteiger partial charge in [0.1, 0.15) is 6.54 Å². The number of carbonyl (C=O) groups excluding carboxylic acids is 1. The summed E-state index contributed by atoms with van der Waals surface area (Å²) in [5.41, 5.74) is 3.38. The van der Waals surface area contributed by atoms with Crippen molar-refractivity contribution < 1.29 is 13.2 Å². The van der Waals surface area contributed by atoms with Crippen LogP contribution < -0.4 is 9.62 Å². The molecule has 0 aromatic heterocycles. The van der Waals surface area contributed by atoms with E-state index in [1.807, 2.05) is 44.2 Å². The fourth-order valence-electron chi connectivity index (χ4n) is 3.18. The second kappa shape index (κ2) is 11.6. The molecule has 3 aromatic carbocycles. The molecule has 0 aliphatic rings. The summed E-state index contributed by atoms with van der Waals surface area (Å²) < 4.78 is 27.9. The number of amides is 1. The molecule has 0 atom stereocenters. The maximum atomic E-state index is 13.4. The molecule has 1 amide bonds. The summed E-state index contributed by atoms with van der Waals surface area (Å²) in [6.45, 7) is 3.91. The van der Waals surface area contributed by atoms with Crippen molar-refractivity contribution in [3.05, 3.63) is 94.5 Å². The van der Waals surface area contributed by atoms with Crippen LogP contribution in [0.15, 0.2) is 77.7 Å². The molecule has 0 fully saturated rings. The van der Waals surface area contributed by atoms with Gasteiger partial charge in [0, 0.05) is 23.1 Å². The third-order valence-electron chi connectivity index (χ3n) is 4.97. The van der Waals surface area contributed by atoms with Crippen LogP contribution in [0.2, 0.25) is 5.02 Å². The first kappa shape index (κ1) is 25.1. The number of thioether (sulfide) groups is 1. The largest absolute Gasteiger partial charge is 0.354 e. The maximum absolute atomic E-state index is 13.4. The van der Waals surface area contributed by atoms with Crippen LogP contribution in [-0.2, 0) is 20.6 Å². The van der Waals surface area contributed by atoms with Crippen molar-refractivity contribution in [3.8, 4) is 0 Å². The van der Waals surface area contributed by atoms with Gasteiger partial charge in [0.2, 0.25) is 5.91 Å². The first-order chi connectivity index (χ1) is 15.8. The van der Waals surface area contributed by atoms with Gasteiger partial charge in [-0.25, -0.2) is 8.42 Å². The van der Waals surface area contributed by atoms with Crippen LogP contribution in [0, 0.1) is 13.8 Å². The minimum Gasteiger partial charge on any atom is -0.354 e. The lowest BCUT2D eigenvalue weighted by Gasteiger charge is -2.24. The Morgan fingerprint density at radius 3 is 2.39 bits per heavy atom. The number of halogens is 1. The number of hydrogen-bond acceptors (Lipinski definition) is 4. The average molecular weight is 503 g/mol. The molecule has 0 aliphatic carbocycles. The molecule has 8 heteroatoms. The Labute approximate surface area is 205 Å². The van der Waals surface area contributed by atoms with Crippen LogP contribution >= 0.6 is 23.4 Å². The summed E-state index contributed by atoms with van der Waals surface area (Å²) in [5, 5.41) is 3.56. The predicted molar refractivity (Wildman–Crippen MR) is 138 cm³/mol. The molecule has 0 bridgehead atoms. The Kier molecular flexibility index (Phi) is 8.83. The van der Waals surface area contributed by atoms with Gasteiger partial charge in [0.25, 0.3) is 10.0 Å². The molecule has 0 spiro atoms. The summed E-state index contributed by atoms with van der Waals surface area (Å²) >= 11 is 7.82. The standard InChI is InChI=1S/C25H27ClN2O3S2/c1-19-10-12-23(13-11-19)33(30,31)28(22-8-5-6-20(2)16-22)17-25(29)27-14-15-32-18-21-7-3-4-9-24(21)26/h3-13,16H,14-15,17-18H2,1-2H3,(H,27,29). The summed E-state index contributed by atoms with van der Waals surface area (Å²) in [7, 11) is -3.91. The molecule has 0 unspecified atom stereocenters. The maximum Gasteiger partial charge on any atom is 0.264 e. The van der Waals surface area contributed by atoms with Gasteiger partial charge in [0.05, 0.1) is 10.6 Å². The second-order valence-electron chi connectivity index (χ2n) is 7.66. The first-order valence-electron chi connectivity index (χ1n) is 10.5. The number of carbonyl (C=O) groups is 1. The highest BCUT2D eigenvalue weighted by molar-refractivity contribution is 7.98. The highest BCUT2D eigenvalue weighted by Gasteiger charge is 2.27. The number of hydrogen-bond donors (Lipinski definition) is 1. The van der Waals surface area contributed by atoms with Gasteiger partial charge >= 0.3 is 0 Å². The quantitative estimate of drug-likeness (QED) is 0.387. The Hall–Kier alpha value is -2.48. The number of nitrogens with zero attached hydrogens (tertiary/aromatic N) is 1. The summed E-state index contributed by atoms with van der Waals surface area (Å²) in [4.78, 5) is 12.8. The molecule has 0 radical (unpaired) electrons. The Bertz CT molecular complexity index is 1200. The highest BCUT2D eigenvalue weighted by atomic mass is 35.5. The molecule has 33 heavy (non-hydrogen) atoms. The predicted octanol–water partition coefficient (Wildman–Crippen LogP) is 5.20. The number of benzene rings is 3. The number of nitrogens with one attached hydrogen (secondary N) is 1. The first-order valence-corrected chi connectivity index (χ1v) is 13.5. The molecule has 1 N–H and O–H groups in total. The van der Waals surface area contributed by atoms with E-state index in [4.69, 9.17) is 11.6 Å². The fourth-order valence-corrected chi connectivity index (χ4v) is 5.74. The van der Waals surface area contributed by atoms with E-state index in [0.29, 0.717) is 18.0 Å². The van der Waals surface area contributed by atoms with Crippen LogP contribution in [0.1, 0.15) is 16.7 Å². The van der Waals surface area contributed by atoms with E-state index in [1.54, 1.807) is 54.2 Å². The van der Waals surface area contributed by atoms with Gasteiger partial charge < -0.3 is 5.32 Å². The number of sulfonamides is 1. The van der Waals surface area contributed by atoms with E-state index in [2.05, 4.69) is 5.32 Å². The van der Waals surface area contributed by atoms with E-state index >= 15 is 0 Å². The minimum absolute atomic E-state index is 0.151. The van der Waals surface area contributed by atoms with Gasteiger partial charge in [-0.3, -0.25) is 9.10 Å². The minimum atomic E-state index is -3.91. The van der Waals surface area contributed by atoms with Crippen molar-refractivity contribution >= 4 is 45.0 Å². The van der Waals surface area contributed by atoms with Crippen molar-refractivity contribution in [1.29, 1.82) is 0 Å². The van der Waals surface area contributed by atoms with Crippen molar-refractivity contribution in [2.75, 3.05) is 23.1 Å². The lowest BCUT2D eigenvalue weighted by molar-refractivity contribution is -0.119. The number of aryl methyl sites for hydroxylation is 2. The number of rotatable bonds is 10. The second-order valence-corrected chi connectivity index (χ2v) is 11.0. The van der Waals surface area contributed by atoms with Crippen LogP contribution in [0.25, 0.3) is 0 Å². The normalized spacial score (nSPS) is 11.2. The molecule has 3 aromatic rings. The SMILES string of the molecule is Cc1ccc(S(=O)(=O)N(CC(=O)NCCSCc2ccccc2Cl)c2cccc(C)c2)cc1. The summed E-state index contributed by atoms with van der Waals surface area (Å²) in [5.74, 6) is 1.07. The van der Waals surface area contributed by atoms with E-state index in [9.17, 15) is 13.2 Å². The monoisotopic (exact) mass is 502 g/mol. The van der Waals surface area contributed by atoms with Gasteiger partial charge in [-0.1, -0.05) is 59.6 Å². The molecule has 0 saturated heterocycles. The van der Waals surface area contributed by atoms with Crippen molar-refractivity contribution in [3.63, 3.8) is 0 Å². The topological polar surface area (TPSA) is 66.5 Å². The lowest BCUT2D eigenvalue weighted by atomic mass is 10.2. The molecule has 5 nitrogen and oxygen atoms in total. The Morgan fingerprint density at radius 2 is 1.70 bits per heavy atom. The van der Waals surface area contributed by atoms with Gasteiger partial charge in [-0.05, 0) is 55.3 Å². The van der Waals surface area contributed by atoms with Crippen LogP contribution in [-0.4, -0.2) is 33.2 Å². The van der Waals surface area contributed by atoms with Crippen LogP contribution in [0.3, 0.4) is 0 Å². The smallest absolute Gasteiger partial charge is 0.264 e. The fraction of sp³-hybridized carbons (Fsp3) is 0.240. The third kappa shape index (κ3) is 7.00. The molecular weight excluding hydrogens is 476 g/mol. The van der Waals surface area contributed by atoms with E-state index < -0.39 is 10.0 Å². The molecular formula is C25H27ClN2O3S2. The van der Waals surface area contributed by atoms with E-state index in [-0.39, 0.29) is 17.3 Å². The van der Waals surface area contributed by atoms with Gasteiger partial charge in [0.15, 0.2) is 0 Å². The molecule has 0 saturated carbocycles. The van der Waals surface area contributed by atoms with Gasteiger partial charge in [-0.2, -0.15) is 11.8 Å². The molecule has 174 valence electrons. The highest BCUT2D eigenvalue weighted by Crippen LogP contribution is 2.25.